The molecule has 1 N–H and O–H groups in total. The van der Waals surface area contributed by atoms with E-state index in [1.807, 2.05) is 11.6 Å². The first-order valence-corrected chi connectivity index (χ1v) is 6.23. The molecule has 2 aromatic rings. The third-order valence-electron chi connectivity index (χ3n) is 2.94. The van der Waals surface area contributed by atoms with Crippen LogP contribution in [0.5, 0.6) is 0 Å². The largest absolute Gasteiger partial charge is 0.331 e. The number of fused-ring (bicyclic) bond motifs is 1. The first-order chi connectivity index (χ1) is 8.37. The molecule has 1 heterocycles. The van der Waals surface area contributed by atoms with Crippen molar-refractivity contribution in [1.82, 2.24) is 14.9 Å². The topological polar surface area (TPSA) is 29.9 Å². The Labute approximate surface area is 107 Å². The van der Waals surface area contributed by atoms with Gasteiger partial charge in [-0.05, 0) is 39.0 Å². The standard InChI is InChI=1S/C14H20FN3/c1-14(2,3)16-8-7-13-17-11-6-5-10(15)9-12(11)18(13)4/h5-6,9,16H,7-8H2,1-4H3. The van der Waals surface area contributed by atoms with E-state index in [4.69, 9.17) is 0 Å². The zero-order valence-electron chi connectivity index (χ0n) is 11.4. The number of imidazole rings is 1. The molecule has 3 nitrogen and oxygen atoms in total. The van der Waals surface area contributed by atoms with Crippen LogP contribution in [0.25, 0.3) is 11.0 Å². The number of aromatic nitrogens is 2. The summed E-state index contributed by atoms with van der Waals surface area (Å²) in [4.78, 5) is 4.53. The number of hydrogen-bond acceptors (Lipinski definition) is 2. The van der Waals surface area contributed by atoms with Crippen molar-refractivity contribution >= 4 is 11.0 Å². The number of nitrogens with zero attached hydrogens (tertiary/aromatic N) is 2. The molecule has 4 heteroatoms. The fourth-order valence-electron chi connectivity index (χ4n) is 1.99. The normalized spacial score (nSPS) is 12.3. The Kier molecular flexibility index (Phi) is 3.39. The zero-order valence-corrected chi connectivity index (χ0v) is 11.4. The number of rotatable bonds is 3. The van der Waals surface area contributed by atoms with Crippen LogP contribution in [0.3, 0.4) is 0 Å². The molecule has 0 bridgehead atoms. The number of aryl methyl sites for hydroxylation is 1. The molecular formula is C14H20FN3. The smallest absolute Gasteiger partial charge is 0.125 e. The van der Waals surface area contributed by atoms with E-state index in [0.29, 0.717) is 0 Å². The summed E-state index contributed by atoms with van der Waals surface area (Å²) in [6.45, 7) is 7.27. The highest BCUT2D eigenvalue weighted by Gasteiger charge is 2.11. The number of halogens is 1. The Hall–Kier alpha value is -1.42. The van der Waals surface area contributed by atoms with E-state index in [2.05, 4.69) is 31.1 Å². The molecule has 0 saturated heterocycles. The van der Waals surface area contributed by atoms with Crippen LogP contribution in [0.2, 0.25) is 0 Å². The monoisotopic (exact) mass is 249 g/mol. The van der Waals surface area contributed by atoms with E-state index < -0.39 is 0 Å². The van der Waals surface area contributed by atoms with Crippen LogP contribution in [0.1, 0.15) is 26.6 Å². The van der Waals surface area contributed by atoms with Crippen molar-refractivity contribution in [2.24, 2.45) is 7.05 Å². The maximum Gasteiger partial charge on any atom is 0.125 e. The predicted molar refractivity (Wildman–Crippen MR) is 72.1 cm³/mol. The third kappa shape index (κ3) is 2.88. The number of nitrogens with one attached hydrogen (secondary N) is 1. The van der Waals surface area contributed by atoms with Crippen LogP contribution in [-0.2, 0) is 13.5 Å². The molecule has 0 amide bonds. The van der Waals surface area contributed by atoms with Crippen molar-refractivity contribution < 1.29 is 4.39 Å². The van der Waals surface area contributed by atoms with E-state index in [1.165, 1.54) is 12.1 Å². The van der Waals surface area contributed by atoms with Gasteiger partial charge in [-0.1, -0.05) is 0 Å². The second-order valence-corrected chi connectivity index (χ2v) is 5.65. The minimum Gasteiger partial charge on any atom is -0.331 e. The van der Waals surface area contributed by atoms with Gasteiger partial charge >= 0.3 is 0 Å². The molecule has 0 unspecified atom stereocenters. The van der Waals surface area contributed by atoms with Crippen LogP contribution in [-0.4, -0.2) is 21.6 Å². The molecule has 0 spiro atoms. The Balaban J connectivity index is 2.17. The zero-order chi connectivity index (χ0) is 13.3. The predicted octanol–water partition coefficient (Wildman–Crippen LogP) is 2.64. The van der Waals surface area contributed by atoms with Crippen LogP contribution in [0, 0.1) is 5.82 Å². The van der Waals surface area contributed by atoms with E-state index in [9.17, 15) is 4.39 Å². The van der Waals surface area contributed by atoms with Crippen molar-refractivity contribution in [3.8, 4) is 0 Å². The molecule has 0 fully saturated rings. The fraction of sp³-hybridized carbons (Fsp3) is 0.500. The summed E-state index contributed by atoms with van der Waals surface area (Å²) in [7, 11) is 1.93. The van der Waals surface area contributed by atoms with Crippen molar-refractivity contribution in [2.75, 3.05) is 6.54 Å². The maximum atomic E-state index is 13.2. The summed E-state index contributed by atoms with van der Waals surface area (Å²) >= 11 is 0. The lowest BCUT2D eigenvalue weighted by molar-refractivity contribution is 0.426. The summed E-state index contributed by atoms with van der Waals surface area (Å²) in [5.74, 6) is 0.761. The Morgan fingerprint density at radius 2 is 2.06 bits per heavy atom. The van der Waals surface area contributed by atoms with Gasteiger partial charge in [-0.2, -0.15) is 0 Å². The summed E-state index contributed by atoms with van der Waals surface area (Å²) in [6, 6.07) is 4.71. The quantitative estimate of drug-likeness (QED) is 0.906. The highest BCUT2D eigenvalue weighted by atomic mass is 19.1. The summed E-state index contributed by atoms with van der Waals surface area (Å²) in [5.41, 5.74) is 1.81. The van der Waals surface area contributed by atoms with Crippen LogP contribution in [0.4, 0.5) is 4.39 Å². The summed E-state index contributed by atoms with van der Waals surface area (Å²) in [5, 5.41) is 3.43. The van der Waals surface area contributed by atoms with Gasteiger partial charge < -0.3 is 9.88 Å². The molecule has 0 atom stereocenters. The van der Waals surface area contributed by atoms with Gasteiger partial charge in [0.2, 0.25) is 0 Å². The van der Waals surface area contributed by atoms with Gasteiger partial charge in [0.15, 0.2) is 0 Å². The number of benzene rings is 1. The van der Waals surface area contributed by atoms with E-state index in [-0.39, 0.29) is 11.4 Å². The summed E-state index contributed by atoms with van der Waals surface area (Å²) < 4.78 is 15.1. The van der Waals surface area contributed by atoms with Gasteiger partial charge in [0.05, 0.1) is 11.0 Å². The van der Waals surface area contributed by atoms with Crippen molar-refractivity contribution in [2.45, 2.75) is 32.7 Å². The SMILES string of the molecule is Cn1c(CCNC(C)(C)C)nc2ccc(F)cc21. The van der Waals surface area contributed by atoms with Gasteiger partial charge in [0, 0.05) is 25.6 Å². The van der Waals surface area contributed by atoms with E-state index in [1.54, 1.807) is 6.07 Å². The fourth-order valence-corrected chi connectivity index (χ4v) is 1.99. The van der Waals surface area contributed by atoms with Gasteiger partial charge in [-0.15, -0.1) is 0 Å². The second kappa shape index (κ2) is 4.69. The van der Waals surface area contributed by atoms with Crippen molar-refractivity contribution in [3.63, 3.8) is 0 Å². The first-order valence-electron chi connectivity index (χ1n) is 6.23. The number of hydrogen-bond donors (Lipinski definition) is 1. The average molecular weight is 249 g/mol. The molecule has 0 aliphatic heterocycles. The van der Waals surface area contributed by atoms with Gasteiger partial charge in [0.25, 0.3) is 0 Å². The Bertz CT molecular complexity index is 552. The molecule has 1 aromatic heterocycles. The maximum absolute atomic E-state index is 13.2. The minimum absolute atomic E-state index is 0.108. The molecular weight excluding hydrogens is 229 g/mol. The second-order valence-electron chi connectivity index (χ2n) is 5.65. The third-order valence-corrected chi connectivity index (χ3v) is 2.94. The van der Waals surface area contributed by atoms with Gasteiger partial charge in [-0.25, -0.2) is 9.37 Å². The van der Waals surface area contributed by atoms with Gasteiger partial charge in [-0.3, -0.25) is 0 Å². The molecule has 0 saturated carbocycles. The average Bonchev–Trinajstić information content (AvgIpc) is 2.55. The Morgan fingerprint density at radius 3 is 2.72 bits per heavy atom. The summed E-state index contributed by atoms with van der Waals surface area (Å²) in [6.07, 6.45) is 0.837. The van der Waals surface area contributed by atoms with Crippen LogP contribution < -0.4 is 5.32 Å². The van der Waals surface area contributed by atoms with Crippen molar-refractivity contribution in [3.05, 3.63) is 29.8 Å². The van der Waals surface area contributed by atoms with Crippen LogP contribution in [0.15, 0.2) is 18.2 Å². The highest BCUT2D eigenvalue weighted by Crippen LogP contribution is 2.16. The lowest BCUT2D eigenvalue weighted by Crippen LogP contribution is -2.37. The Morgan fingerprint density at radius 1 is 1.33 bits per heavy atom. The minimum atomic E-state index is -0.218. The molecule has 0 aliphatic rings. The first kappa shape index (κ1) is 13.0. The van der Waals surface area contributed by atoms with Crippen molar-refractivity contribution in [1.29, 1.82) is 0 Å². The molecule has 2 rings (SSSR count). The molecule has 18 heavy (non-hydrogen) atoms. The molecule has 1 aromatic carbocycles. The van der Waals surface area contributed by atoms with E-state index >= 15 is 0 Å². The molecule has 0 radical (unpaired) electrons. The van der Waals surface area contributed by atoms with E-state index in [0.717, 1.165) is 29.8 Å². The van der Waals surface area contributed by atoms with Crippen LogP contribution >= 0.6 is 0 Å². The lowest BCUT2D eigenvalue weighted by Gasteiger charge is -2.20. The molecule has 98 valence electrons. The molecule has 0 aliphatic carbocycles. The highest BCUT2D eigenvalue weighted by molar-refractivity contribution is 5.75. The lowest BCUT2D eigenvalue weighted by atomic mass is 10.1. The van der Waals surface area contributed by atoms with Gasteiger partial charge in [0.1, 0.15) is 11.6 Å².